The maximum Gasteiger partial charge on any atom is 0.252 e. The number of amides is 3. The molecule has 7 heteroatoms. The standard InChI is InChI=1S/C20H22IN3O3/c1-2-5-18(25)24-15-10-8-14(9-11-15)12-22-19(26)13-23-20(27)16-6-3-4-7-17(16)21/h3-4,6-11H,2,5,12-13H2,1H3,(H,22,26)(H,23,27)(H,24,25). The minimum atomic E-state index is -0.276. The average Bonchev–Trinajstić information content (AvgIpc) is 2.66. The summed E-state index contributed by atoms with van der Waals surface area (Å²) in [6, 6.07) is 14.5. The molecular weight excluding hydrogens is 457 g/mol. The molecule has 0 aromatic heterocycles. The summed E-state index contributed by atoms with van der Waals surface area (Å²) in [4.78, 5) is 35.6. The highest BCUT2D eigenvalue weighted by Crippen LogP contribution is 2.11. The van der Waals surface area contributed by atoms with Gasteiger partial charge < -0.3 is 16.0 Å². The Morgan fingerprint density at radius 3 is 2.30 bits per heavy atom. The first-order valence-corrected chi connectivity index (χ1v) is 9.75. The number of halogens is 1. The normalized spacial score (nSPS) is 10.1. The molecule has 0 aliphatic rings. The molecule has 0 heterocycles. The smallest absolute Gasteiger partial charge is 0.252 e. The lowest BCUT2D eigenvalue weighted by molar-refractivity contribution is -0.120. The Labute approximate surface area is 172 Å². The van der Waals surface area contributed by atoms with Gasteiger partial charge in [-0.1, -0.05) is 31.2 Å². The van der Waals surface area contributed by atoms with Gasteiger partial charge in [-0.15, -0.1) is 0 Å². The summed E-state index contributed by atoms with van der Waals surface area (Å²) >= 11 is 2.08. The minimum Gasteiger partial charge on any atom is -0.350 e. The Bertz CT molecular complexity index is 806. The monoisotopic (exact) mass is 479 g/mol. The first-order valence-electron chi connectivity index (χ1n) is 8.67. The Morgan fingerprint density at radius 1 is 0.926 bits per heavy atom. The summed E-state index contributed by atoms with van der Waals surface area (Å²) in [6.07, 6.45) is 1.29. The van der Waals surface area contributed by atoms with E-state index in [-0.39, 0.29) is 24.3 Å². The lowest BCUT2D eigenvalue weighted by Gasteiger charge is -2.09. The van der Waals surface area contributed by atoms with Gasteiger partial charge in [-0.2, -0.15) is 0 Å². The quantitative estimate of drug-likeness (QED) is 0.509. The molecule has 0 saturated heterocycles. The molecule has 27 heavy (non-hydrogen) atoms. The molecule has 0 saturated carbocycles. The third-order valence-corrected chi connectivity index (χ3v) is 4.67. The zero-order valence-corrected chi connectivity index (χ0v) is 17.2. The van der Waals surface area contributed by atoms with Crippen molar-refractivity contribution in [2.24, 2.45) is 0 Å². The van der Waals surface area contributed by atoms with Crippen LogP contribution in [0.1, 0.15) is 35.7 Å². The van der Waals surface area contributed by atoms with Gasteiger partial charge in [-0.3, -0.25) is 14.4 Å². The van der Waals surface area contributed by atoms with Crippen LogP contribution in [0.2, 0.25) is 0 Å². The van der Waals surface area contributed by atoms with Crippen molar-refractivity contribution in [1.82, 2.24) is 10.6 Å². The van der Waals surface area contributed by atoms with Crippen molar-refractivity contribution in [2.75, 3.05) is 11.9 Å². The Hall–Kier alpha value is -2.42. The molecule has 0 radical (unpaired) electrons. The van der Waals surface area contributed by atoms with E-state index in [1.165, 1.54) is 0 Å². The lowest BCUT2D eigenvalue weighted by Crippen LogP contribution is -2.36. The van der Waals surface area contributed by atoms with Crippen LogP contribution >= 0.6 is 22.6 Å². The number of hydrogen-bond acceptors (Lipinski definition) is 3. The Balaban J connectivity index is 1.76. The second-order valence-corrected chi connectivity index (χ2v) is 7.10. The summed E-state index contributed by atoms with van der Waals surface area (Å²) in [5, 5.41) is 8.19. The van der Waals surface area contributed by atoms with Crippen LogP contribution in [-0.4, -0.2) is 24.3 Å². The second kappa shape index (κ2) is 10.7. The zero-order valence-electron chi connectivity index (χ0n) is 15.0. The summed E-state index contributed by atoms with van der Waals surface area (Å²) in [6.45, 7) is 2.21. The van der Waals surface area contributed by atoms with Crippen LogP contribution < -0.4 is 16.0 Å². The SMILES string of the molecule is CCCC(=O)Nc1ccc(CNC(=O)CNC(=O)c2ccccc2I)cc1. The third kappa shape index (κ3) is 7.01. The van der Waals surface area contributed by atoms with Crippen molar-refractivity contribution in [1.29, 1.82) is 0 Å². The topological polar surface area (TPSA) is 87.3 Å². The van der Waals surface area contributed by atoms with Gasteiger partial charge in [0.15, 0.2) is 0 Å². The van der Waals surface area contributed by atoms with Crippen LogP contribution in [0.5, 0.6) is 0 Å². The van der Waals surface area contributed by atoms with E-state index in [1.807, 2.05) is 31.2 Å². The number of hydrogen-bond donors (Lipinski definition) is 3. The number of anilines is 1. The highest BCUT2D eigenvalue weighted by molar-refractivity contribution is 14.1. The van der Waals surface area contributed by atoms with Gasteiger partial charge in [0.05, 0.1) is 12.1 Å². The molecule has 2 aromatic rings. The van der Waals surface area contributed by atoms with Crippen LogP contribution in [0.15, 0.2) is 48.5 Å². The fraction of sp³-hybridized carbons (Fsp3) is 0.250. The maximum atomic E-state index is 12.1. The van der Waals surface area contributed by atoms with Crippen LogP contribution in [0, 0.1) is 3.57 Å². The molecule has 0 unspecified atom stereocenters. The molecule has 6 nitrogen and oxygen atoms in total. The number of carbonyl (C=O) groups is 3. The minimum absolute atomic E-state index is 0.0117. The van der Waals surface area contributed by atoms with Crippen molar-refractivity contribution < 1.29 is 14.4 Å². The molecule has 0 spiro atoms. The number of rotatable bonds is 8. The van der Waals surface area contributed by atoms with E-state index in [0.717, 1.165) is 21.2 Å². The molecule has 2 rings (SSSR count). The van der Waals surface area contributed by atoms with Gasteiger partial charge in [-0.25, -0.2) is 0 Å². The molecular formula is C20H22IN3O3. The fourth-order valence-corrected chi connectivity index (χ4v) is 2.95. The molecule has 3 amide bonds. The predicted molar refractivity (Wildman–Crippen MR) is 113 cm³/mol. The first-order chi connectivity index (χ1) is 13.0. The highest BCUT2D eigenvalue weighted by atomic mass is 127. The van der Waals surface area contributed by atoms with Gasteiger partial charge >= 0.3 is 0 Å². The van der Waals surface area contributed by atoms with Gasteiger partial charge in [0.2, 0.25) is 11.8 Å². The van der Waals surface area contributed by atoms with Crippen LogP contribution in [0.3, 0.4) is 0 Å². The summed E-state index contributed by atoms with van der Waals surface area (Å²) in [7, 11) is 0. The van der Waals surface area contributed by atoms with Crippen molar-refractivity contribution in [3.05, 3.63) is 63.2 Å². The van der Waals surface area contributed by atoms with Crippen LogP contribution in [0.4, 0.5) is 5.69 Å². The van der Waals surface area contributed by atoms with Crippen LogP contribution in [0.25, 0.3) is 0 Å². The molecule has 0 aliphatic heterocycles. The largest absolute Gasteiger partial charge is 0.350 e. The molecule has 3 N–H and O–H groups in total. The van der Waals surface area contributed by atoms with Crippen molar-refractivity contribution in [3.63, 3.8) is 0 Å². The van der Waals surface area contributed by atoms with Gasteiger partial charge in [0.25, 0.3) is 5.91 Å². The summed E-state index contributed by atoms with van der Waals surface area (Å²) < 4.78 is 0.833. The second-order valence-electron chi connectivity index (χ2n) is 5.93. The van der Waals surface area contributed by atoms with E-state index in [0.29, 0.717) is 18.5 Å². The zero-order chi connectivity index (χ0) is 19.6. The van der Waals surface area contributed by atoms with Gasteiger partial charge in [0.1, 0.15) is 0 Å². The van der Waals surface area contributed by atoms with E-state index >= 15 is 0 Å². The first kappa shape index (κ1) is 20.9. The van der Waals surface area contributed by atoms with E-state index in [2.05, 4.69) is 38.5 Å². The number of nitrogens with one attached hydrogen (secondary N) is 3. The number of benzene rings is 2. The molecule has 2 aromatic carbocycles. The van der Waals surface area contributed by atoms with Gasteiger partial charge in [-0.05, 0) is 58.8 Å². The van der Waals surface area contributed by atoms with Crippen molar-refractivity contribution >= 4 is 46.0 Å². The third-order valence-electron chi connectivity index (χ3n) is 3.73. The van der Waals surface area contributed by atoms with Crippen LogP contribution in [-0.2, 0) is 16.1 Å². The molecule has 0 bridgehead atoms. The van der Waals surface area contributed by atoms with Gasteiger partial charge in [0, 0.05) is 22.2 Å². The Morgan fingerprint density at radius 2 is 1.63 bits per heavy atom. The molecule has 0 fully saturated rings. The fourth-order valence-electron chi connectivity index (χ4n) is 2.32. The lowest BCUT2D eigenvalue weighted by atomic mass is 10.2. The van der Waals surface area contributed by atoms with E-state index in [4.69, 9.17) is 0 Å². The molecule has 0 atom stereocenters. The predicted octanol–water partition coefficient (Wildman–Crippen LogP) is 3.08. The number of carbonyl (C=O) groups excluding carboxylic acids is 3. The summed E-state index contributed by atoms with van der Waals surface area (Å²) in [5.74, 6) is -0.556. The van der Waals surface area contributed by atoms with E-state index in [1.54, 1.807) is 24.3 Å². The van der Waals surface area contributed by atoms with Crippen molar-refractivity contribution in [3.8, 4) is 0 Å². The van der Waals surface area contributed by atoms with E-state index in [9.17, 15) is 14.4 Å². The average molecular weight is 479 g/mol. The van der Waals surface area contributed by atoms with Crippen molar-refractivity contribution in [2.45, 2.75) is 26.3 Å². The molecule has 0 aliphatic carbocycles. The molecule has 142 valence electrons. The van der Waals surface area contributed by atoms with E-state index < -0.39 is 0 Å². The summed E-state index contributed by atoms with van der Waals surface area (Å²) in [5.41, 5.74) is 2.18. The Kier molecular flexibility index (Phi) is 8.25. The highest BCUT2D eigenvalue weighted by Gasteiger charge is 2.10. The maximum absolute atomic E-state index is 12.1.